The number of furan rings is 1. The number of carbonyl (C=O) groups is 3. The van der Waals surface area contributed by atoms with Crippen molar-refractivity contribution in [2.24, 2.45) is 11.8 Å². The highest BCUT2D eigenvalue weighted by Gasteiger charge is 2.34. The fraction of sp³-hybridized carbons (Fsp3) is 0.250. The molecule has 1 aliphatic carbocycles. The minimum Gasteiger partial charge on any atom is -0.481 e. The molecule has 1 aromatic carbocycles. The zero-order valence-corrected chi connectivity index (χ0v) is 14.6. The molecule has 0 saturated carbocycles. The van der Waals surface area contributed by atoms with Gasteiger partial charge in [-0.05, 0) is 37.1 Å². The van der Waals surface area contributed by atoms with Crippen LogP contribution in [0.5, 0.6) is 0 Å². The minimum absolute atomic E-state index is 0.225. The third kappa shape index (κ3) is 4.44. The fourth-order valence-corrected chi connectivity index (χ4v) is 3.07. The molecule has 0 saturated heterocycles. The van der Waals surface area contributed by atoms with Crippen LogP contribution in [-0.4, -0.2) is 22.9 Å². The third-order valence-electron chi connectivity index (χ3n) is 4.52. The van der Waals surface area contributed by atoms with Gasteiger partial charge < -0.3 is 20.2 Å². The van der Waals surface area contributed by atoms with Gasteiger partial charge in [-0.2, -0.15) is 0 Å². The lowest BCUT2D eigenvalue weighted by atomic mass is 9.82. The molecule has 3 N–H and O–H groups in total. The third-order valence-corrected chi connectivity index (χ3v) is 4.52. The summed E-state index contributed by atoms with van der Waals surface area (Å²) in [6.07, 6.45) is 5.78. The van der Waals surface area contributed by atoms with Crippen LogP contribution < -0.4 is 10.6 Å². The molecule has 1 aromatic heterocycles. The standard InChI is InChI=1S/C20H20N2O5/c23-18(21-12-13-6-5-11-27-13)16-9-3-4-10-17(16)22-19(24)14-7-1-2-8-15(14)20(25)26/h1-6,9-11,14-15H,7-8,12H2,(H,21,23)(H,22,24)(H,25,26)/t14-,15-/m1/s1. The van der Waals surface area contributed by atoms with Gasteiger partial charge in [0.25, 0.3) is 5.91 Å². The molecule has 0 unspecified atom stereocenters. The minimum atomic E-state index is -0.996. The molecule has 7 heteroatoms. The first-order valence-corrected chi connectivity index (χ1v) is 8.64. The summed E-state index contributed by atoms with van der Waals surface area (Å²) in [5.41, 5.74) is 0.647. The second-order valence-corrected chi connectivity index (χ2v) is 6.29. The quantitative estimate of drug-likeness (QED) is 0.680. The molecule has 0 radical (unpaired) electrons. The van der Waals surface area contributed by atoms with Crippen LogP contribution in [-0.2, 0) is 16.1 Å². The lowest BCUT2D eigenvalue weighted by Crippen LogP contribution is -2.35. The average Bonchev–Trinajstić information content (AvgIpc) is 3.20. The smallest absolute Gasteiger partial charge is 0.307 e. The highest BCUT2D eigenvalue weighted by Crippen LogP contribution is 2.28. The zero-order valence-electron chi connectivity index (χ0n) is 14.6. The van der Waals surface area contributed by atoms with Crippen molar-refractivity contribution in [1.29, 1.82) is 0 Å². The van der Waals surface area contributed by atoms with Crippen molar-refractivity contribution >= 4 is 23.5 Å². The molecule has 7 nitrogen and oxygen atoms in total. The monoisotopic (exact) mass is 368 g/mol. The number of amides is 2. The molecular weight excluding hydrogens is 348 g/mol. The number of aliphatic carboxylic acids is 1. The Hall–Kier alpha value is -3.35. The van der Waals surface area contributed by atoms with E-state index >= 15 is 0 Å². The molecule has 27 heavy (non-hydrogen) atoms. The van der Waals surface area contributed by atoms with E-state index in [-0.39, 0.29) is 12.5 Å². The van der Waals surface area contributed by atoms with Crippen LogP contribution in [0.15, 0.2) is 59.2 Å². The van der Waals surface area contributed by atoms with E-state index in [1.165, 1.54) is 6.26 Å². The normalized spacial score (nSPS) is 18.7. The Morgan fingerprint density at radius 3 is 2.48 bits per heavy atom. The van der Waals surface area contributed by atoms with Gasteiger partial charge in [0.15, 0.2) is 0 Å². The van der Waals surface area contributed by atoms with Crippen LogP contribution in [0.1, 0.15) is 29.0 Å². The summed E-state index contributed by atoms with van der Waals surface area (Å²) in [5, 5.41) is 14.8. The highest BCUT2D eigenvalue weighted by atomic mass is 16.4. The lowest BCUT2D eigenvalue weighted by Gasteiger charge is -2.24. The Morgan fingerprint density at radius 1 is 1.04 bits per heavy atom. The SMILES string of the molecule is O=C(NCc1ccco1)c1ccccc1NC(=O)[C@@H]1CC=CC[C@H]1C(=O)O. The van der Waals surface area contributed by atoms with Crippen molar-refractivity contribution in [2.45, 2.75) is 19.4 Å². The van der Waals surface area contributed by atoms with Gasteiger partial charge in [-0.15, -0.1) is 0 Å². The van der Waals surface area contributed by atoms with E-state index in [0.29, 0.717) is 29.9 Å². The molecule has 2 aromatic rings. The van der Waals surface area contributed by atoms with E-state index in [4.69, 9.17) is 4.42 Å². The predicted octanol–water partition coefficient (Wildman–Crippen LogP) is 2.82. The number of allylic oxidation sites excluding steroid dienone is 2. The Bertz CT molecular complexity index is 857. The van der Waals surface area contributed by atoms with Crippen molar-refractivity contribution in [2.75, 3.05) is 5.32 Å². The summed E-state index contributed by atoms with van der Waals surface area (Å²) in [5.74, 6) is -2.59. The molecule has 2 amide bonds. The largest absolute Gasteiger partial charge is 0.481 e. The van der Waals surface area contributed by atoms with Gasteiger partial charge in [0.2, 0.25) is 5.91 Å². The van der Waals surface area contributed by atoms with Crippen molar-refractivity contribution in [3.63, 3.8) is 0 Å². The van der Waals surface area contributed by atoms with Gasteiger partial charge in [0.1, 0.15) is 5.76 Å². The molecule has 1 aliphatic rings. The maximum Gasteiger partial charge on any atom is 0.307 e. The summed E-state index contributed by atoms with van der Waals surface area (Å²) in [6, 6.07) is 10.1. The summed E-state index contributed by atoms with van der Waals surface area (Å²) >= 11 is 0. The van der Waals surface area contributed by atoms with E-state index in [9.17, 15) is 19.5 Å². The number of rotatable bonds is 6. The van der Waals surface area contributed by atoms with Gasteiger partial charge in [-0.3, -0.25) is 14.4 Å². The van der Waals surface area contributed by atoms with E-state index < -0.39 is 23.7 Å². The Balaban J connectivity index is 1.71. The fourth-order valence-electron chi connectivity index (χ4n) is 3.07. The average molecular weight is 368 g/mol. The summed E-state index contributed by atoms with van der Waals surface area (Å²) in [7, 11) is 0. The van der Waals surface area contributed by atoms with Gasteiger partial charge in [-0.25, -0.2) is 0 Å². The van der Waals surface area contributed by atoms with Gasteiger partial charge in [-0.1, -0.05) is 24.3 Å². The van der Waals surface area contributed by atoms with Crippen molar-refractivity contribution in [1.82, 2.24) is 5.32 Å². The van der Waals surface area contributed by atoms with E-state index in [1.54, 1.807) is 42.5 Å². The Kier molecular flexibility index (Phi) is 5.71. The van der Waals surface area contributed by atoms with Crippen molar-refractivity contribution < 1.29 is 23.9 Å². The number of hydrogen-bond acceptors (Lipinski definition) is 4. The van der Waals surface area contributed by atoms with E-state index in [2.05, 4.69) is 10.6 Å². The van der Waals surface area contributed by atoms with Crippen LogP contribution in [0.3, 0.4) is 0 Å². The predicted molar refractivity (Wildman–Crippen MR) is 97.9 cm³/mol. The molecule has 140 valence electrons. The second kappa shape index (κ2) is 8.35. The van der Waals surface area contributed by atoms with E-state index in [1.807, 2.05) is 6.08 Å². The number of para-hydroxylation sites is 1. The molecule has 2 atom stereocenters. The number of carboxylic acids is 1. The molecule has 0 aliphatic heterocycles. The number of carboxylic acid groups (broad SMARTS) is 1. The molecule has 1 heterocycles. The maximum atomic E-state index is 12.6. The first-order valence-electron chi connectivity index (χ1n) is 8.64. The number of anilines is 1. The maximum absolute atomic E-state index is 12.6. The van der Waals surface area contributed by atoms with E-state index in [0.717, 1.165) is 0 Å². The summed E-state index contributed by atoms with van der Waals surface area (Å²) < 4.78 is 5.18. The van der Waals surface area contributed by atoms with Crippen molar-refractivity contribution in [3.05, 3.63) is 66.1 Å². The molecule has 0 fully saturated rings. The first kappa shape index (κ1) is 18.4. The zero-order chi connectivity index (χ0) is 19.2. The topological polar surface area (TPSA) is 109 Å². The molecule has 0 bridgehead atoms. The van der Waals surface area contributed by atoms with Gasteiger partial charge >= 0.3 is 5.97 Å². The van der Waals surface area contributed by atoms with Crippen LogP contribution >= 0.6 is 0 Å². The van der Waals surface area contributed by atoms with Crippen molar-refractivity contribution in [3.8, 4) is 0 Å². The number of hydrogen-bond donors (Lipinski definition) is 3. The molecular formula is C20H20N2O5. The number of carbonyl (C=O) groups excluding carboxylic acids is 2. The lowest BCUT2D eigenvalue weighted by molar-refractivity contribution is -0.146. The van der Waals surface area contributed by atoms with Crippen LogP contribution in [0, 0.1) is 11.8 Å². The van der Waals surface area contributed by atoms with Crippen LogP contribution in [0.4, 0.5) is 5.69 Å². The molecule has 0 spiro atoms. The Labute approximate surface area is 156 Å². The Morgan fingerprint density at radius 2 is 1.78 bits per heavy atom. The number of benzene rings is 1. The summed E-state index contributed by atoms with van der Waals surface area (Å²) in [4.78, 5) is 36.5. The second-order valence-electron chi connectivity index (χ2n) is 6.29. The van der Waals surface area contributed by atoms with Crippen LogP contribution in [0.2, 0.25) is 0 Å². The van der Waals surface area contributed by atoms with Gasteiger partial charge in [0, 0.05) is 0 Å². The first-order chi connectivity index (χ1) is 13.1. The highest BCUT2D eigenvalue weighted by molar-refractivity contribution is 6.04. The van der Waals surface area contributed by atoms with Gasteiger partial charge in [0.05, 0.1) is 35.9 Å². The molecule has 3 rings (SSSR count). The summed E-state index contributed by atoms with van der Waals surface area (Å²) in [6.45, 7) is 0.225. The number of nitrogens with one attached hydrogen (secondary N) is 2. The van der Waals surface area contributed by atoms with Crippen LogP contribution in [0.25, 0.3) is 0 Å².